The second-order valence-electron chi connectivity index (χ2n) is 7.09. The molecule has 2 aromatic heterocycles. The van der Waals surface area contributed by atoms with Gasteiger partial charge in [-0.2, -0.15) is 5.10 Å². The number of hydrogen-bond donors (Lipinski definition) is 2. The van der Waals surface area contributed by atoms with E-state index < -0.39 is 12.5 Å². The number of hydrogen-bond acceptors (Lipinski definition) is 6. The summed E-state index contributed by atoms with van der Waals surface area (Å²) in [4.78, 5) is 19.1. The first kappa shape index (κ1) is 19.7. The molecule has 156 valence electrons. The highest BCUT2D eigenvalue weighted by atomic mass is 19.3. The van der Waals surface area contributed by atoms with Gasteiger partial charge in [-0.25, -0.2) is 23.5 Å². The molecule has 2 N–H and O–H groups in total. The molecule has 0 saturated carbocycles. The van der Waals surface area contributed by atoms with Gasteiger partial charge < -0.3 is 15.4 Å². The van der Waals surface area contributed by atoms with Crippen molar-refractivity contribution >= 4 is 17.7 Å². The average molecular weight is 414 g/mol. The van der Waals surface area contributed by atoms with Crippen molar-refractivity contribution in [2.24, 2.45) is 0 Å². The summed E-state index contributed by atoms with van der Waals surface area (Å²) in [5.74, 6) is 0.101. The number of nitrogens with one attached hydrogen (secondary N) is 2. The highest BCUT2D eigenvalue weighted by Gasteiger charge is 2.29. The van der Waals surface area contributed by atoms with Crippen LogP contribution in [0.25, 0.3) is 11.1 Å². The molecule has 4 rings (SSSR count). The first-order valence-electron chi connectivity index (χ1n) is 9.38. The Morgan fingerprint density at radius 1 is 1.30 bits per heavy atom. The largest absolute Gasteiger partial charge is 0.442 e. The first-order valence-corrected chi connectivity index (χ1v) is 9.38. The summed E-state index contributed by atoms with van der Waals surface area (Å²) in [6.45, 7) is 4.30. The Morgan fingerprint density at radius 2 is 2.13 bits per heavy atom. The minimum absolute atomic E-state index is 0.101. The van der Waals surface area contributed by atoms with Crippen LogP contribution in [0.3, 0.4) is 0 Å². The van der Waals surface area contributed by atoms with Gasteiger partial charge in [-0.3, -0.25) is 4.68 Å². The summed E-state index contributed by atoms with van der Waals surface area (Å²) in [6.07, 6.45) is 1.52. The number of aromatic nitrogens is 4. The van der Waals surface area contributed by atoms with E-state index in [-0.39, 0.29) is 23.8 Å². The molecule has 1 aliphatic rings. The van der Waals surface area contributed by atoms with Crippen LogP contribution >= 0.6 is 0 Å². The number of amides is 1. The number of halogens is 2. The molecule has 3 heterocycles. The molecule has 1 fully saturated rings. The number of alkyl halides is 2. The number of aryl methyl sites for hydroxylation is 1. The van der Waals surface area contributed by atoms with Crippen molar-refractivity contribution < 1.29 is 18.3 Å². The summed E-state index contributed by atoms with van der Waals surface area (Å²) in [5, 5.41) is 10.0. The summed E-state index contributed by atoms with van der Waals surface area (Å²) in [7, 11) is 0. The summed E-state index contributed by atoms with van der Waals surface area (Å²) < 4.78 is 32.7. The molecule has 8 nitrogen and oxygen atoms in total. The maximum absolute atomic E-state index is 12.9. The van der Waals surface area contributed by atoms with Gasteiger partial charge in [0.15, 0.2) is 0 Å². The third kappa shape index (κ3) is 4.22. The number of nitrogens with zero attached hydrogens (tertiary/aromatic N) is 4. The Balaban J connectivity index is 1.56. The van der Waals surface area contributed by atoms with Crippen LogP contribution in [0.15, 0.2) is 42.9 Å². The Kier molecular flexibility index (Phi) is 5.30. The second kappa shape index (κ2) is 8.05. The van der Waals surface area contributed by atoms with Crippen LogP contribution in [0.2, 0.25) is 0 Å². The second-order valence-corrected chi connectivity index (χ2v) is 7.09. The topological polar surface area (TPSA) is 94.0 Å². The van der Waals surface area contributed by atoms with E-state index in [0.717, 1.165) is 16.7 Å². The Morgan fingerprint density at radius 3 is 2.87 bits per heavy atom. The fraction of sp³-hybridized carbons (Fsp3) is 0.300. The number of benzene rings is 1. The normalized spacial score (nSPS) is 17.0. The maximum Gasteiger partial charge on any atom is 0.407 e. The van der Waals surface area contributed by atoms with Gasteiger partial charge in [-0.05, 0) is 43.2 Å². The van der Waals surface area contributed by atoms with Crippen molar-refractivity contribution in [3.63, 3.8) is 0 Å². The predicted molar refractivity (Wildman–Crippen MR) is 106 cm³/mol. The van der Waals surface area contributed by atoms with Crippen molar-refractivity contribution in [2.45, 2.75) is 32.4 Å². The molecular formula is C20H20F2N6O2. The van der Waals surface area contributed by atoms with Gasteiger partial charge in [0, 0.05) is 23.6 Å². The van der Waals surface area contributed by atoms with Crippen molar-refractivity contribution in [1.29, 1.82) is 0 Å². The predicted octanol–water partition coefficient (Wildman–Crippen LogP) is 4.00. The quantitative estimate of drug-likeness (QED) is 0.633. The van der Waals surface area contributed by atoms with Gasteiger partial charge in [0.2, 0.25) is 5.95 Å². The van der Waals surface area contributed by atoms with E-state index in [2.05, 4.69) is 25.7 Å². The molecule has 2 atom stereocenters. The lowest BCUT2D eigenvalue weighted by Crippen LogP contribution is -2.25. The lowest BCUT2D eigenvalue weighted by atomic mass is 10.1. The summed E-state index contributed by atoms with van der Waals surface area (Å²) >= 11 is 0. The Labute approximate surface area is 171 Å². The molecule has 10 heteroatoms. The van der Waals surface area contributed by atoms with Crippen LogP contribution < -0.4 is 10.6 Å². The number of rotatable bonds is 6. The van der Waals surface area contributed by atoms with Crippen molar-refractivity contribution in [1.82, 2.24) is 25.1 Å². The Bertz CT molecular complexity index is 1070. The van der Waals surface area contributed by atoms with E-state index in [0.29, 0.717) is 12.2 Å². The summed E-state index contributed by atoms with van der Waals surface area (Å²) in [5.41, 5.74) is 3.06. The standard InChI is InChI=1S/C20H20F2N6O2/c1-11-5-13(7-15(6-11)26-19-23-4-3-16(27-19)18(21)22)14-8-25-28(10-14)12(2)17-9-24-20(29)30-17/h3-8,10,12,17-18H,9H2,1-2H3,(H,24,29)(H,23,26,27). The highest BCUT2D eigenvalue weighted by Crippen LogP contribution is 2.28. The van der Waals surface area contributed by atoms with Gasteiger partial charge in [0.1, 0.15) is 11.8 Å². The molecule has 0 bridgehead atoms. The van der Waals surface area contributed by atoms with Crippen molar-refractivity contribution in [2.75, 3.05) is 11.9 Å². The smallest absolute Gasteiger partial charge is 0.407 e. The molecule has 0 aliphatic carbocycles. The molecule has 1 saturated heterocycles. The van der Waals surface area contributed by atoms with E-state index in [4.69, 9.17) is 4.74 Å². The van der Waals surface area contributed by atoms with E-state index in [1.54, 1.807) is 10.9 Å². The van der Waals surface area contributed by atoms with Gasteiger partial charge in [-0.15, -0.1) is 0 Å². The van der Waals surface area contributed by atoms with Crippen LogP contribution in [-0.4, -0.2) is 38.5 Å². The number of carbonyl (C=O) groups excluding carboxylic acids is 1. The molecule has 30 heavy (non-hydrogen) atoms. The summed E-state index contributed by atoms with van der Waals surface area (Å²) in [6, 6.07) is 6.79. The van der Waals surface area contributed by atoms with Crippen LogP contribution in [0.5, 0.6) is 0 Å². The molecular weight excluding hydrogens is 394 g/mol. The zero-order valence-corrected chi connectivity index (χ0v) is 16.3. The number of anilines is 2. The molecule has 2 unspecified atom stereocenters. The lowest BCUT2D eigenvalue weighted by molar-refractivity contribution is 0.109. The minimum atomic E-state index is -2.66. The minimum Gasteiger partial charge on any atom is -0.442 e. The molecule has 0 radical (unpaired) electrons. The van der Waals surface area contributed by atoms with Crippen LogP contribution in [-0.2, 0) is 4.74 Å². The zero-order chi connectivity index (χ0) is 21.3. The van der Waals surface area contributed by atoms with E-state index in [1.165, 1.54) is 12.3 Å². The van der Waals surface area contributed by atoms with Gasteiger partial charge in [-0.1, -0.05) is 6.07 Å². The monoisotopic (exact) mass is 414 g/mol. The van der Waals surface area contributed by atoms with Gasteiger partial charge in [0.05, 0.1) is 18.8 Å². The van der Waals surface area contributed by atoms with Crippen molar-refractivity contribution in [3.05, 3.63) is 54.1 Å². The van der Waals surface area contributed by atoms with E-state index >= 15 is 0 Å². The first-order chi connectivity index (χ1) is 14.4. The van der Waals surface area contributed by atoms with Gasteiger partial charge in [0.25, 0.3) is 6.43 Å². The van der Waals surface area contributed by atoms with Crippen LogP contribution in [0.4, 0.5) is 25.2 Å². The molecule has 1 aromatic carbocycles. The zero-order valence-electron chi connectivity index (χ0n) is 16.3. The van der Waals surface area contributed by atoms with E-state index in [1.807, 2.05) is 38.2 Å². The fourth-order valence-corrected chi connectivity index (χ4v) is 3.26. The molecule has 1 aliphatic heterocycles. The maximum atomic E-state index is 12.9. The molecule has 3 aromatic rings. The third-order valence-corrected chi connectivity index (χ3v) is 4.83. The van der Waals surface area contributed by atoms with Crippen LogP contribution in [0.1, 0.15) is 30.6 Å². The molecule has 1 amide bonds. The number of cyclic esters (lactones) is 1. The SMILES string of the molecule is Cc1cc(Nc2nccc(C(F)F)n2)cc(-c2cnn(C(C)C3CNC(=O)O3)c2)c1. The Hall–Kier alpha value is -3.56. The number of alkyl carbamates (subject to hydrolysis) is 1. The molecule has 0 spiro atoms. The average Bonchev–Trinajstić information content (AvgIpc) is 3.36. The number of carbonyl (C=O) groups is 1. The lowest BCUT2D eigenvalue weighted by Gasteiger charge is -2.17. The van der Waals surface area contributed by atoms with Crippen molar-refractivity contribution in [3.8, 4) is 11.1 Å². The highest BCUT2D eigenvalue weighted by molar-refractivity contribution is 5.70. The fourth-order valence-electron chi connectivity index (χ4n) is 3.26. The van der Waals surface area contributed by atoms with Gasteiger partial charge >= 0.3 is 6.09 Å². The van der Waals surface area contributed by atoms with Crippen LogP contribution in [0, 0.1) is 6.92 Å². The number of ether oxygens (including phenoxy) is 1. The third-order valence-electron chi connectivity index (χ3n) is 4.83. The van der Waals surface area contributed by atoms with E-state index in [9.17, 15) is 13.6 Å².